The van der Waals surface area contributed by atoms with Gasteiger partial charge in [-0.25, -0.2) is 17.7 Å². The number of nitrogens with one attached hydrogen (secondary N) is 1. The molecule has 178 valence electrons. The molecule has 5 rings (SSSR count). The lowest BCUT2D eigenvalue weighted by Crippen LogP contribution is -2.39. The topological polar surface area (TPSA) is 91.3 Å². The van der Waals surface area contributed by atoms with Gasteiger partial charge in [0.25, 0.3) is 0 Å². The van der Waals surface area contributed by atoms with Crippen molar-refractivity contribution in [2.24, 2.45) is 7.05 Å². The second kappa shape index (κ2) is 8.25. The standard InChI is InChI=1S/C25H29N5O3S/c1-16-25-19(18-7-5-6-8-20(18)27-25)13-14-30(16)24(31)12-11-23-26-21-15-17(34(32,33)28(2)3)9-10-22(21)29(23)4/h5-10,15-16,27H,11-14H2,1-4H3/t16-/m0/s1. The highest BCUT2D eigenvalue weighted by Crippen LogP contribution is 2.34. The van der Waals surface area contributed by atoms with Crippen LogP contribution in [-0.2, 0) is 34.7 Å². The third-order valence-corrected chi connectivity index (χ3v) is 8.75. The number of rotatable bonds is 5. The van der Waals surface area contributed by atoms with E-state index in [4.69, 9.17) is 0 Å². The first-order chi connectivity index (χ1) is 16.2. The van der Waals surface area contributed by atoms with Gasteiger partial charge in [0.2, 0.25) is 15.9 Å². The number of carbonyl (C=O) groups is 1. The fourth-order valence-corrected chi connectivity index (χ4v) is 5.88. The summed E-state index contributed by atoms with van der Waals surface area (Å²) < 4.78 is 28.1. The van der Waals surface area contributed by atoms with Gasteiger partial charge >= 0.3 is 0 Å². The predicted octanol–water partition coefficient (Wildman–Crippen LogP) is 3.38. The van der Waals surface area contributed by atoms with E-state index in [9.17, 15) is 13.2 Å². The van der Waals surface area contributed by atoms with Crippen LogP contribution in [0, 0.1) is 0 Å². The molecule has 0 bridgehead atoms. The van der Waals surface area contributed by atoms with Crippen LogP contribution in [0.3, 0.4) is 0 Å². The van der Waals surface area contributed by atoms with Crippen LogP contribution in [0.4, 0.5) is 0 Å². The number of amides is 1. The summed E-state index contributed by atoms with van der Waals surface area (Å²) in [6.45, 7) is 2.77. The lowest BCUT2D eigenvalue weighted by Gasteiger charge is -2.33. The Morgan fingerprint density at radius 2 is 1.97 bits per heavy atom. The van der Waals surface area contributed by atoms with Crippen molar-refractivity contribution >= 4 is 37.9 Å². The maximum absolute atomic E-state index is 13.2. The van der Waals surface area contributed by atoms with Crippen molar-refractivity contribution in [3.63, 3.8) is 0 Å². The number of hydrogen-bond acceptors (Lipinski definition) is 4. The van der Waals surface area contributed by atoms with Gasteiger partial charge in [-0.2, -0.15) is 0 Å². The van der Waals surface area contributed by atoms with E-state index in [2.05, 4.69) is 29.0 Å². The molecule has 1 atom stereocenters. The summed E-state index contributed by atoms with van der Waals surface area (Å²) in [5.41, 5.74) is 5.00. The van der Waals surface area contributed by atoms with Crippen LogP contribution < -0.4 is 0 Å². The minimum absolute atomic E-state index is 0.0112. The van der Waals surface area contributed by atoms with Crippen LogP contribution in [0.25, 0.3) is 21.9 Å². The van der Waals surface area contributed by atoms with Crippen molar-refractivity contribution in [3.8, 4) is 0 Å². The van der Waals surface area contributed by atoms with Gasteiger partial charge in [0.05, 0.1) is 22.0 Å². The van der Waals surface area contributed by atoms with Crippen molar-refractivity contribution in [1.82, 2.24) is 23.7 Å². The molecule has 0 unspecified atom stereocenters. The Bertz CT molecular complexity index is 1520. The summed E-state index contributed by atoms with van der Waals surface area (Å²) in [6, 6.07) is 13.2. The Balaban J connectivity index is 1.34. The Hall–Kier alpha value is -3.17. The van der Waals surface area contributed by atoms with E-state index in [-0.39, 0.29) is 16.8 Å². The van der Waals surface area contributed by atoms with Crippen molar-refractivity contribution in [3.05, 3.63) is 59.5 Å². The molecule has 0 radical (unpaired) electrons. The number of fused-ring (bicyclic) bond motifs is 4. The number of benzene rings is 2. The molecule has 1 N–H and O–H groups in total. The minimum atomic E-state index is -3.53. The first kappa shape index (κ1) is 22.6. The van der Waals surface area contributed by atoms with Crippen LogP contribution in [0.5, 0.6) is 0 Å². The third kappa shape index (κ3) is 3.59. The van der Waals surface area contributed by atoms with Crippen LogP contribution >= 0.6 is 0 Å². The molecule has 9 heteroatoms. The molecule has 3 heterocycles. The van der Waals surface area contributed by atoms with E-state index in [0.29, 0.717) is 24.9 Å². The highest BCUT2D eigenvalue weighted by molar-refractivity contribution is 7.89. The zero-order valence-electron chi connectivity index (χ0n) is 19.9. The molecule has 0 saturated carbocycles. The molecule has 0 aliphatic carbocycles. The summed E-state index contributed by atoms with van der Waals surface area (Å²) >= 11 is 0. The molecule has 1 aliphatic rings. The molecule has 0 saturated heterocycles. The van der Waals surface area contributed by atoms with E-state index in [1.54, 1.807) is 18.2 Å². The molecule has 4 aromatic rings. The van der Waals surface area contributed by atoms with Gasteiger partial charge in [-0.05, 0) is 43.2 Å². The average Bonchev–Trinajstić information content (AvgIpc) is 3.35. The van der Waals surface area contributed by atoms with Gasteiger partial charge in [-0.15, -0.1) is 0 Å². The second-order valence-electron chi connectivity index (χ2n) is 9.10. The van der Waals surface area contributed by atoms with E-state index in [1.807, 2.05) is 28.6 Å². The maximum Gasteiger partial charge on any atom is 0.242 e. The summed E-state index contributed by atoms with van der Waals surface area (Å²) in [5.74, 6) is 0.860. The number of nitrogens with zero attached hydrogens (tertiary/aromatic N) is 4. The minimum Gasteiger partial charge on any atom is -0.356 e. The Morgan fingerprint density at radius 3 is 2.74 bits per heavy atom. The number of aromatic nitrogens is 3. The third-order valence-electron chi connectivity index (χ3n) is 6.94. The lowest BCUT2D eigenvalue weighted by molar-refractivity contribution is -0.133. The first-order valence-corrected chi connectivity index (χ1v) is 12.9. The largest absolute Gasteiger partial charge is 0.356 e. The van der Waals surface area contributed by atoms with Gasteiger partial charge in [0, 0.05) is 57.1 Å². The Labute approximate surface area is 199 Å². The fourth-order valence-electron chi connectivity index (χ4n) is 4.96. The van der Waals surface area contributed by atoms with Crippen molar-refractivity contribution in [2.75, 3.05) is 20.6 Å². The zero-order chi connectivity index (χ0) is 24.2. The van der Waals surface area contributed by atoms with Gasteiger partial charge in [-0.1, -0.05) is 18.2 Å². The van der Waals surface area contributed by atoms with Crippen molar-refractivity contribution in [2.45, 2.75) is 37.1 Å². The number of aromatic amines is 1. The van der Waals surface area contributed by atoms with Crippen LogP contribution in [0.15, 0.2) is 47.4 Å². The lowest BCUT2D eigenvalue weighted by atomic mass is 9.98. The maximum atomic E-state index is 13.2. The highest BCUT2D eigenvalue weighted by atomic mass is 32.2. The Morgan fingerprint density at radius 1 is 1.21 bits per heavy atom. The van der Waals surface area contributed by atoms with Gasteiger partial charge in [-0.3, -0.25) is 4.79 Å². The van der Waals surface area contributed by atoms with E-state index in [0.717, 1.165) is 29.0 Å². The molecule has 1 amide bonds. The summed E-state index contributed by atoms with van der Waals surface area (Å²) in [7, 11) is 1.38. The van der Waals surface area contributed by atoms with Crippen molar-refractivity contribution < 1.29 is 13.2 Å². The van der Waals surface area contributed by atoms with Crippen LogP contribution in [-0.4, -0.2) is 58.7 Å². The van der Waals surface area contributed by atoms with E-state index >= 15 is 0 Å². The van der Waals surface area contributed by atoms with Crippen molar-refractivity contribution in [1.29, 1.82) is 0 Å². The smallest absolute Gasteiger partial charge is 0.242 e. The second-order valence-corrected chi connectivity index (χ2v) is 11.3. The van der Waals surface area contributed by atoms with Crippen LogP contribution in [0.1, 0.15) is 36.5 Å². The highest BCUT2D eigenvalue weighted by Gasteiger charge is 2.30. The number of H-pyrrole nitrogens is 1. The summed E-state index contributed by atoms with van der Waals surface area (Å²) in [6.07, 6.45) is 1.67. The molecule has 0 spiro atoms. The fraction of sp³-hybridized carbons (Fsp3) is 0.360. The molecule has 8 nitrogen and oxygen atoms in total. The average molecular weight is 480 g/mol. The molecular formula is C25H29N5O3S. The summed E-state index contributed by atoms with van der Waals surface area (Å²) in [5, 5.41) is 1.24. The van der Waals surface area contributed by atoms with Gasteiger partial charge < -0.3 is 14.5 Å². The van der Waals surface area contributed by atoms with Crippen LogP contribution in [0.2, 0.25) is 0 Å². The van der Waals surface area contributed by atoms with E-state index < -0.39 is 10.0 Å². The van der Waals surface area contributed by atoms with Gasteiger partial charge in [0.15, 0.2) is 0 Å². The number of para-hydroxylation sites is 1. The number of imidazole rings is 1. The number of carbonyl (C=O) groups excluding carboxylic acids is 1. The first-order valence-electron chi connectivity index (χ1n) is 11.5. The number of aryl methyl sites for hydroxylation is 2. The SMILES string of the molecule is C[C@H]1c2[nH]c3ccccc3c2CCN1C(=O)CCc1nc2cc(S(=O)(=O)N(C)C)ccc2n1C. The number of hydrogen-bond donors (Lipinski definition) is 1. The predicted molar refractivity (Wildman–Crippen MR) is 132 cm³/mol. The van der Waals surface area contributed by atoms with E-state index in [1.165, 1.54) is 29.4 Å². The van der Waals surface area contributed by atoms with Gasteiger partial charge in [0.1, 0.15) is 5.82 Å². The molecular weight excluding hydrogens is 450 g/mol. The normalized spacial score (nSPS) is 16.5. The summed E-state index contributed by atoms with van der Waals surface area (Å²) in [4.78, 5) is 23.5. The number of sulfonamides is 1. The molecule has 34 heavy (non-hydrogen) atoms. The molecule has 2 aromatic carbocycles. The molecule has 1 aliphatic heterocycles. The molecule has 2 aromatic heterocycles. The zero-order valence-corrected chi connectivity index (χ0v) is 20.7. The quantitative estimate of drug-likeness (QED) is 0.475. The Kier molecular flexibility index (Phi) is 5.49. The monoisotopic (exact) mass is 479 g/mol. The molecule has 0 fully saturated rings.